The van der Waals surface area contributed by atoms with Crippen molar-refractivity contribution in [2.75, 3.05) is 0 Å². The first-order valence-electron chi connectivity index (χ1n) is 5.79. The molecule has 0 radical (unpaired) electrons. The number of hydrogen-bond donors (Lipinski definition) is 1. The Balaban J connectivity index is 2.26. The van der Waals surface area contributed by atoms with Gasteiger partial charge in [0.05, 0.1) is 5.60 Å². The smallest absolute Gasteiger partial charge is 0.0650 e. The van der Waals surface area contributed by atoms with Crippen LogP contribution in [0.3, 0.4) is 0 Å². The summed E-state index contributed by atoms with van der Waals surface area (Å²) >= 11 is 0. The van der Waals surface area contributed by atoms with Crippen molar-refractivity contribution in [2.24, 2.45) is 11.3 Å². The van der Waals surface area contributed by atoms with Crippen LogP contribution in [0.1, 0.15) is 58.8 Å². The summed E-state index contributed by atoms with van der Waals surface area (Å²) in [7, 11) is 0. The highest BCUT2D eigenvalue weighted by Gasteiger charge is 2.52. The van der Waals surface area contributed by atoms with Gasteiger partial charge in [0, 0.05) is 5.41 Å². The van der Waals surface area contributed by atoms with E-state index in [0.29, 0.717) is 0 Å². The molecule has 0 aromatic heterocycles. The summed E-state index contributed by atoms with van der Waals surface area (Å²) in [5, 5.41) is 10.3. The second-order valence-electron chi connectivity index (χ2n) is 5.55. The molecule has 2 aliphatic carbocycles. The van der Waals surface area contributed by atoms with Crippen molar-refractivity contribution in [3.63, 3.8) is 0 Å². The summed E-state index contributed by atoms with van der Waals surface area (Å²) in [5.41, 5.74) is -0.167. The van der Waals surface area contributed by atoms with Crippen molar-refractivity contribution >= 4 is 0 Å². The Hall–Kier alpha value is -0.0400. The molecule has 0 aromatic carbocycles. The first-order valence-corrected chi connectivity index (χ1v) is 5.79. The highest BCUT2D eigenvalue weighted by Crippen LogP contribution is 2.57. The van der Waals surface area contributed by atoms with Gasteiger partial charge in [-0.3, -0.25) is 0 Å². The van der Waals surface area contributed by atoms with Gasteiger partial charge in [0.15, 0.2) is 0 Å². The van der Waals surface area contributed by atoms with Gasteiger partial charge < -0.3 is 5.11 Å². The van der Waals surface area contributed by atoms with Crippen LogP contribution in [0.4, 0.5) is 0 Å². The second-order valence-corrected chi connectivity index (χ2v) is 5.55. The van der Waals surface area contributed by atoms with Crippen molar-refractivity contribution in [3.05, 3.63) is 0 Å². The number of fused-ring (bicyclic) bond motifs is 1. The molecule has 0 aliphatic heterocycles. The predicted molar refractivity (Wildman–Crippen MR) is 54.5 cm³/mol. The minimum atomic E-state index is -0.450. The summed E-state index contributed by atoms with van der Waals surface area (Å²) in [6.45, 7) is 4.05. The van der Waals surface area contributed by atoms with Crippen LogP contribution < -0.4 is 0 Å². The monoisotopic (exact) mass is 182 g/mol. The molecule has 0 saturated heterocycles. The second kappa shape index (κ2) is 2.98. The Morgan fingerprint density at radius 3 is 2.31 bits per heavy atom. The fraction of sp³-hybridized carbons (Fsp3) is 1.00. The van der Waals surface area contributed by atoms with Gasteiger partial charge in [0.1, 0.15) is 0 Å². The van der Waals surface area contributed by atoms with E-state index in [2.05, 4.69) is 0 Å². The van der Waals surface area contributed by atoms with E-state index in [1.807, 2.05) is 13.8 Å². The molecule has 1 heteroatoms. The van der Waals surface area contributed by atoms with Gasteiger partial charge in [-0.15, -0.1) is 0 Å². The highest BCUT2D eigenvalue weighted by molar-refractivity contribution is 5.03. The number of rotatable bonds is 1. The van der Waals surface area contributed by atoms with Crippen LogP contribution in [0.2, 0.25) is 0 Å². The lowest BCUT2D eigenvalue weighted by Crippen LogP contribution is -2.47. The molecule has 2 atom stereocenters. The zero-order valence-corrected chi connectivity index (χ0v) is 8.97. The SMILES string of the molecule is CC(C)(O)C12CCCCC1CCC2. The minimum absolute atomic E-state index is 0.283. The predicted octanol–water partition coefficient (Wildman–Crippen LogP) is 3.12. The molecular formula is C12H22O. The van der Waals surface area contributed by atoms with Gasteiger partial charge in [-0.05, 0) is 45.4 Å². The molecule has 0 spiro atoms. The van der Waals surface area contributed by atoms with Gasteiger partial charge in [-0.2, -0.15) is 0 Å². The van der Waals surface area contributed by atoms with Gasteiger partial charge in [-0.1, -0.05) is 19.3 Å². The van der Waals surface area contributed by atoms with E-state index < -0.39 is 5.60 Å². The molecule has 1 N–H and O–H groups in total. The maximum atomic E-state index is 10.3. The van der Waals surface area contributed by atoms with Crippen LogP contribution >= 0.6 is 0 Å². The topological polar surface area (TPSA) is 20.2 Å². The maximum Gasteiger partial charge on any atom is 0.0650 e. The Bertz CT molecular complexity index is 192. The van der Waals surface area contributed by atoms with Crippen molar-refractivity contribution in [2.45, 2.75) is 64.4 Å². The van der Waals surface area contributed by atoms with E-state index in [1.54, 1.807) is 0 Å². The number of aliphatic hydroxyl groups is 1. The first kappa shape index (κ1) is 9.51. The standard InChI is InChI=1S/C12H22O/c1-11(2,13)12-8-4-3-6-10(12)7-5-9-12/h10,13H,3-9H2,1-2H3. The number of hydrogen-bond acceptors (Lipinski definition) is 1. The van der Waals surface area contributed by atoms with E-state index in [-0.39, 0.29) is 5.41 Å². The molecule has 0 heterocycles. The Morgan fingerprint density at radius 1 is 1.08 bits per heavy atom. The van der Waals surface area contributed by atoms with Crippen LogP contribution in [-0.2, 0) is 0 Å². The van der Waals surface area contributed by atoms with Crippen LogP contribution in [0.5, 0.6) is 0 Å². The molecular weight excluding hydrogens is 160 g/mol. The average molecular weight is 182 g/mol. The molecule has 13 heavy (non-hydrogen) atoms. The molecule has 2 fully saturated rings. The first-order chi connectivity index (χ1) is 6.06. The van der Waals surface area contributed by atoms with Crippen LogP contribution in [0, 0.1) is 11.3 Å². The van der Waals surface area contributed by atoms with Crippen molar-refractivity contribution in [1.82, 2.24) is 0 Å². The third kappa shape index (κ3) is 1.32. The minimum Gasteiger partial charge on any atom is -0.390 e. The van der Waals surface area contributed by atoms with E-state index in [9.17, 15) is 5.11 Å². The van der Waals surface area contributed by atoms with E-state index in [1.165, 1.54) is 44.9 Å². The molecule has 2 unspecified atom stereocenters. The largest absolute Gasteiger partial charge is 0.390 e. The summed E-state index contributed by atoms with van der Waals surface area (Å²) < 4.78 is 0. The average Bonchev–Trinajstić information content (AvgIpc) is 2.46. The molecule has 0 bridgehead atoms. The van der Waals surface area contributed by atoms with Gasteiger partial charge in [-0.25, -0.2) is 0 Å². The lowest BCUT2D eigenvalue weighted by molar-refractivity contribution is -0.0968. The summed E-state index contributed by atoms with van der Waals surface area (Å²) in [6, 6.07) is 0. The van der Waals surface area contributed by atoms with Crippen molar-refractivity contribution in [3.8, 4) is 0 Å². The highest BCUT2D eigenvalue weighted by atomic mass is 16.3. The van der Waals surface area contributed by atoms with Gasteiger partial charge in [0.2, 0.25) is 0 Å². The molecule has 0 amide bonds. The summed E-state index contributed by atoms with van der Waals surface area (Å²) in [5.74, 6) is 0.821. The molecule has 2 rings (SSSR count). The van der Waals surface area contributed by atoms with Crippen LogP contribution in [-0.4, -0.2) is 10.7 Å². The van der Waals surface area contributed by atoms with E-state index in [0.717, 1.165) is 5.92 Å². The van der Waals surface area contributed by atoms with Gasteiger partial charge >= 0.3 is 0 Å². The van der Waals surface area contributed by atoms with E-state index in [4.69, 9.17) is 0 Å². The maximum absolute atomic E-state index is 10.3. The third-order valence-corrected chi connectivity index (χ3v) is 4.60. The summed E-state index contributed by atoms with van der Waals surface area (Å²) in [4.78, 5) is 0. The molecule has 0 aromatic rings. The molecule has 76 valence electrons. The van der Waals surface area contributed by atoms with Gasteiger partial charge in [0.25, 0.3) is 0 Å². The Morgan fingerprint density at radius 2 is 1.69 bits per heavy atom. The summed E-state index contributed by atoms with van der Waals surface area (Å²) in [6.07, 6.45) is 9.33. The lowest BCUT2D eigenvalue weighted by atomic mass is 9.60. The zero-order chi connectivity index (χ0) is 9.53. The normalized spacial score (nSPS) is 40.4. The fourth-order valence-corrected chi connectivity index (χ4v) is 3.84. The Labute approximate surface area is 81.5 Å². The zero-order valence-electron chi connectivity index (χ0n) is 8.97. The third-order valence-electron chi connectivity index (χ3n) is 4.60. The Kier molecular flexibility index (Phi) is 2.18. The molecule has 2 saturated carbocycles. The quantitative estimate of drug-likeness (QED) is 0.660. The van der Waals surface area contributed by atoms with E-state index >= 15 is 0 Å². The molecule has 1 nitrogen and oxygen atoms in total. The van der Waals surface area contributed by atoms with Crippen molar-refractivity contribution < 1.29 is 5.11 Å². The lowest BCUT2D eigenvalue weighted by Gasteiger charge is -2.48. The van der Waals surface area contributed by atoms with Crippen LogP contribution in [0.25, 0.3) is 0 Å². The van der Waals surface area contributed by atoms with Crippen LogP contribution in [0.15, 0.2) is 0 Å². The molecule has 2 aliphatic rings. The van der Waals surface area contributed by atoms with Crippen molar-refractivity contribution in [1.29, 1.82) is 0 Å². The fourth-order valence-electron chi connectivity index (χ4n) is 3.84.